The van der Waals surface area contributed by atoms with Crippen molar-refractivity contribution in [3.05, 3.63) is 47.3 Å². The minimum absolute atomic E-state index is 0.0334. The summed E-state index contributed by atoms with van der Waals surface area (Å²) in [6, 6.07) is 9.94. The Morgan fingerprint density at radius 2 is 2.11 bits per heavy atom. The van der Waals surface area contributed by atoms with Gasteiger partial charge < -0.3 is 10.5 Å². The third-order valence-corrected chi connectivity index (χ3v) is 3.17. The molecule has 1 heterocycles. The van der Waals surface area contributed by atoms with Gasteiger partial charge in [0.25, 0.3) is 0 Å². The van der Waals surface area contributed by atoms with Crippen LogP contribution in [0.15, 0.2) is 30.3 Å². The van der Waals surface area contributed by atoms with Gasteiger partial charge in [-0.1, -0.05) is 25.1 Å². The summed E-state index contributed by atoms with van der Waals surface area (Å²) >= 11 is 0. The number of hydrogen-bond acceptors (Lipinski definition) is 3. The number of rotatable bonds is 5. The quantitative estimate of drug-likeness (QED) is 0.898. The molecule has 0 aliphatic carbocycles. The van der Waals surface area contributed by atoms with Gasteiger partial charge in [0.05, 0.1) is 11.4 Å². The van der Waals surface area contributed by atoms with E-state index in [1.165, 1.54) is 0 Å². The predicted octanol–water partition coefficient (Wildman–Crippen LogP) is 2.58. The van der Waals surface area contributed by atoms with E-state index >= 15 is 0 Å². The summed E-state index contributed by atoms with van der Waals surface area (Å²) in [7, 11) is 1.94. The van der Waals surface area contributed by atoms with Crippen molar-refractivity contribution in [2.45, 2.75) is 32.9 Å². The zero-order chi connectivity index (χ0) is 13.8. The molecule has 2 aromatic rings. The van der Waals surface area contributed by atoms with Gasteiger partial charge in [0, 0.05) is 18.7 Å². The fourth-order valence-electron chi connectivity index (χ4n) is 2.02. The number of aromatic nitrogens is 2. The molecule has 0 amide bonds. The summed E-state index contributed by atoms with van der Waals surface area (Å²) < 4.78 is 7.75. The number of para-hydroxylation sites is 1. The van der Waals surface area contributed by atoms with Crippen molar-refractivity contribution in [2.75, 3.05) is 0 Å². The number of ether oxygens (including phenoxy) is 1. The monoisotopic (exact) mass is 259 g/mol. The molecule has 0 saturated carbocycles. The number of nitrogens with zero attached hydrogens (tertiary/aromatic N) is 2. The molecule has 0 fully saturated rings. The molecule has 1 aromatic carbocycles. The third kappa shape index (κ3) is 3.15. The molecule has 2 rings (SSSR count). The van der Waals surface area contributed by atoms with Crippen LogP contribution in [0, 0.1) is 0 Å². The molecule has 0 saturated heterocycles. The highest BCUT2D eigenvalue weighted by Gasteiger charge is 2.09. The molecule has 0 aliphatic heterocycles. The van der Waals surface area contributed by atoms with Crippen LogP contribution in [0.5, 0.6) is 5.75 Å². The van der Waals surface area contributed by atoms with Crippen LogP contribution in [0.2, 0.25) is 0 Å². The molecule has 4 nitrogen and oxygen atoms in total. The number of aryl methyl sites for hydroxylation is 2. The van der Waals surface area contributed by atoms with E-state index in [1.807, 2.05) is 42.9 Å². The lowest BCUT2D eigenvalue weighted by Crippen LogP contribution is -2.09. The van der Waals surface area contributed by atoms with Gasteiger partial charge in [0.2, 0.25) is 0 Å². The zero-order valence-electron chi connectivity index (χ0n) is 11.8. The van der Waals surface area contributed by atoms with Crippen LogP contribution in [0.4, 0.5) is 0 Å². The molecular weight excluding hydrogens is 238 g/mol. The molecule has 1 aromatic heterocycles. The fraction of sp³-hybridized carbons (Fsp3) is 0.400. The summed E-state index contributed by atoms with van der Waals surface area (Å²) in [4.78, 5) is 0. The smallest absolute Gasteiger partial charge is 0.130 e. The minimum atomic E-state index is -0.0334. The van der Waals surface area contributed by atoms with Crippen molar-refractivity contribution in [1.82, 2.24) is 9.78 Å². The van der Waals surface area contributed by atoms with E-state index < -0.39 is 0 Å². The van der Waals surface area contributed by atoms with Crippen LogP contribution < -0.4 is 10.5 Å². The van der Waals surface area contributed by atoms with Gasteiger partial charge in [0.15, 0.2) is 0 Å². The molecule has 0 bridgehead atoms. The van der Waals surface area contributed by atoms with Gasteiger partial charge >= 0.3 is 0 Å². The molecule has 4 heteroatoms. The second-order valence-electron chi connectivity index (χ2n) is 4.72. The van der Waals surface area contributed by atoms with Crippen LogP contribution in [-0.2, 0) is 20.1 Å². The summed E-state index contributed by atoms with van der Waals surface area (Å²) in [5.74, 6) is 0.844. The molecule has 0 aliphatic rings. The second kappa shape index (κ2) is 5.89. The highest BCUT2D eigenvalue weighted by molar-refractivity contribution is 5.35. The van der Waals surface area contributed by atoms with Crippen molar-refractivity contribution in [2.24, 2.45) is 12.8 Å². The van der Waals surface area contributed by atoms with E-state index in [1.54, 1.807) is 0 Å². The average molecular weight is 259 g/mol. The van der Waals surface area contributed by atoms with E-state index in [4.69, 9.17) is 10.5 Å². The van der Waals surface area contributed by atoms with Crippen molar-refractivity contribution in [3.8, 4) is 5.75 Å². The van der Waals surface area contributed by atoms with Crippen LogP contribution in [-0.4, -0.2) is 9.78 Å². The van der Waals surface area contributed by atoms with E-state index in [-0.39, 0.29) is 6.04 Å². The van der Waals surface area contributed by atoms with Crippen LogP contribution in [0.25, 0.3) is 0 Å². The molecular formula is C15H21N3O. The molecule has 102 valence electrons. The second-order valence-corrected chi connectivity index (χ2v) is 4.72. The first-order valence-electron chi connectivity index (χ1n) is 6.61. The van der Waals surface area contributed by atoms with E-state index in [0.717, 1.165) is 29.1 Å². The Bertz CT molecular complexity index is 546. The zero-order valence-corrected chi connectivity index (χ0v) is 11.8. The SMILES string of the molecule is CCc1cc(COc2ccccc2C(C)N)n(C)n1. The molecule has 1 atom stereocenters. The Kier molecular flexibility index (Phi) is 4.22. The Morgan fingerprint density at radius 1 is 1.37 bits per heavy atom. The highest BCUT2D eigenvalue weighted by Crippen LogP contribution is 2.24. The van der Waals surface area contributed by atoms with Gasteiger partial charge in [-0.3, -0.25) is 4.68 Å². The Balaban J connectivity index is 2.12. The number of nitrogens with two attached hydrogens (primary N) is 1. The van der Waals surface area contributed by atoms with Crippen molar-refractivity contribution in [1.29, 1.82) is 0 Å². The summed E-state index contributed by atoms with van der Waals surface area (Å²) in [6.07, 6.45) is 0.935. The summed E-state index contributed by atoms with van der Waals surface area (Å²) in [6.45, 7) is 4.56. The summed E-state index contributed by atoms with van der Waals surface area (Å²) in [5, 5.41) is 4.41. The van der Waals surface area contributed by atoms with E-state index in [0.29, 0.717) is 6.61 Å². The van der Waals surface area contributed by atoms with Gasteiger partial charge in [-0.05, 0) is 25.5 Å². The first-order chi connectivity index (χ1) is 9.11. The van der Waals surface area contributed by atoms with E-state index in [9.17, 15) is 0 Å². The maximum Gasteiger partial charge on any atom is 0.130 e. The molecule has 1 unspecified atom stereocenters. The Labute approximate surface area is 114 Å². The number of benzene rings is 1. The topological polar surface area (TPSA) is 53.1 Å². The fourth-order valence-corrected chi connectivity index (χ4v) is 2.02. The third-order valence-electron chi connectivity index (χ3n) is 3.17. The first kappa shape index (κ1) is 13.6. The normalized spacial score (nSPS) is 12.4. The number of hydrogen-bond donors (Lipinski definition) is 1. The molecule has 0 spiro atoms. The van der Waals surface area contributed by atoms with E-state index in [2.05, 4.69) is 18.1 Å². The van der Waals surface area contributed by atoms with Gasteiger partial charge in [0.1, 0.15) is 12.4 Å². The van der Waals surface area contributed by atoms with Crippen molar-refractivity contribution in [3.63, 3.8) is 0 Å². The minimum Gasteiger partial charge on any atom is -0.487 e. The Hall–Kier alpha value is -1.81. The van der Waals surface area contributed by atoms with Crippen LogP contribution >= 0.6 is 0 Å². The lowest BCUT2D eigenvalue weighted by atomic mass is 10.1. The lowest BCUT2D eigenvalue weighted by Gasteiger charge is -2.13. The van der Waals surface area contributed by atoms with Crippen LogP contribution in [0.1, 0.15) is 36.8 Å². The van der Waals surface area contributed by atoms with Crippen molar-refractivity contribution >= 4 is 0 Å². The summed E-state index contributed by atoms with van der Waals surface area (Å²) in [5.41, 5.74) is 9.12. The first-order valence-corrected chi connectivity index (χ1v) is 6.61. The predicted molar refractivity (Wildman–Crippen MR) is 76.0 cm³/mol. The van der Waals surface area contributed by atoms with Gasteiger partial charge in [-0.15, -0.1) is 0 Å². The molecule has 2 N–H and O–H groups in total. The maximum atomic E-state index is 5.94. The van der Waals surface area contributed by atoms with Gasteiger partial charge in [-0.2, -0.15) is 5.10 Å². The Morgan fingerprint density at radius 3 is 2.74 bits per heavy atom. The standard InChI is InChI=1S/C15H21N3O/c1-4-12-9-13(18(3)17-12)10-19-15-8-6-5-7-14(15)11(2)16/h5-9,11H,4,10,16H2,1-3H3. The highest BCUT2D eigenvalue weighted by atomic mass is 16.5. The van der Waals surface area contributed by atoms with Crippen LogP contribution in [0.3, 0.4) is 0 Å². The largest absolute Gasteiger partial charge is 0.487 e. The lowest BCUT2D eigenvalue weighted by molar-refractivity contribution is 0.290. The van der Waals surface area contributed by atoms with Crippen molar-refractivity contribution < 1.29 is 4.74 Å². The maximum absolute atomic E-state index is 5.94. The van der Waals surface area contributed by atoms with Gasteiger partial charge in [-0.25, -0.2) is 0 Å². The molecule has 19 heavy (non-hydrogen) atoms. The average Bonchev–Trinajstić information content (AvgIpc) is 2.77. The molecule has 0 radical (unpaired) electrons.